The third kappa shape index (κ3) is 2.73. The minimum atomic E-state index is 0.350. The molecule has 0 unspecified atom stereocenters. The van der Waals surface area contributed by atoms with Gasteiger partial charge in [-0.05, 0) is 45.4 Å². The summed E-state index contributed by atoms with van der Waals surface area (Å²) in [6.45, 7) is 6.37. The summed E-state index contributed by atoms with van der Waals surface area (Å²) in [6, 6.07) is 2.03. The number of aryl methyl sites for hydroxylation is 2. The van der Waals surface area contributed by atoms with Gasteiger partial charge in [0.2, 0.25) is 0 Å². The molecule has 0 radical (unpaired) electrons. The quantitative estimate of drug-likeness (QED) is 0.821. The van der Waals surface area contributed by atoms with E-state index in [2.05, 4.69) is 16.9 Å². The molecule has 3 rings (SSSR count). The van der Waals surface area contributed by atoms with Gasteiger partial charge in [-0.25, -0.2) is 9.97 Å². The van der Waals surface area contributed by atoms with Crippen molar-refractivity contribution in [3.63, 3.8) is 0 Å². The molecule has 1 fully saturated rings. The van der Waals surface area contributed by atoms with Crippen molar-refractivity contribution in [2.24, 2.45) is 5.92 Å². The first-order chi connectivity index (χ1) is 9.11. The van der Waals surface area contributed by atoms with Gasteiger partial charge in [0.15, 0.2) is 0 Å². The van der Waals surface area contributed by atoms with Crippen LogP contribution < -0.4 is 4.74 Å². The highest BCUT2D eigenvalue weighted by atomic mass is 32.1. The topological polar surface area (TPSA) is 35.0 Å². The number of ether oxygens (including phenoxy) is 1. The van der Waals surface area contributed by atoms with Crippen molar-refractivity contribution in [3.8, 4) is 5.75 Å². The smallest absolute Gasteiger partial charge is 0.150 e. The lowest BCUT2D eigenvalue weighted by atomic mass is 9.89. The summed E-state index contributed by atoms with van der Waals surface area (Å²) in [7, 11) is 0. The van der Waals surface area contributed by atoms with E-state index in [1.165, 1.54) is 12.8 Å². The molecule has 0 saturated heterocycles. The molecular formula is C15H20N2OS. The van der Waals surface area contributed by atoms with Crippen LogP contribution in [0.2, 0.25) is 0 Å². The molecule has 0 N–H and O–H groups in total. The molecule has 2 aromatic heterocycles. The standard InChI is InChI=1S/C15H20N2OS/c1-9-4-6-12(7-5-9)18-13-8-10(2)16-15-14(13)17-11(3)19-15/h8-9,12H,4-7H2,1-3H3/t9-,12-. The number of aromatic nitrogens is 2. The molecule has 102 valence electrons. The Morgan fingerprint density at radius 1 is 1.16 bits per heavy atom. The van der Waals surface area contributed by atoms with Crippen molar-refractivity contribution >= 4 is 21.7 Å². The van der Waals surface area contributed by atoms with Crippen LogP contribution in [-0.2, 0) is 0 Å². The first-order valence-corrected chi connectivity index (χ1v) is 7.85. The molecule has 2 heterocycles. The Morgan fingerprint density at radius 3 is 2.63 bits per heavy atom. The first kappa shape index (κ1) is 12.9. The minimum absolute atomic E-state index is 0.350. The highest BCUT2D eigenvalue weighted by Gasteiger charge is 2.21. The summed E-state index contributed by atoms with van der Waals surface area (Å²) < 4.78 is 6.22. The molecular weight excluding hydrogens is 256 g/mol. The van der Waals surface area contributed by atoms with Crippen molar-refractivity contribution < 1.29 is 4.74 Å². The average molecular weight is 276 g/mol. The third-order valence-electron chi connectivity index (χ3n) is 3.82. The molecule has 1 saturated carbocycles. The Bertz CT molecular complexity index is 585. The Hall–Kier alpha value is -1.16. The van der Waals surface area contributed by atoms with E-state index in [0.29, 0.717) is 6.10 Å². The van der Waals surface area contributed by atoms with E-state index >= 15 is 0 Å². The van der Waals surface area contributed by atoms with Crippen LogP contribution in [0.3, 0.4) is 0 Å². The van der Waals surface area contributed by atoms with Crippen molar-refractivity contribution in [1.82, 2.24) is 9.97 Å². The lowest BCUT2D eigenvalue weighted by Crippen LogP contribution is -2.23. The molecule has 3 nitrogen and oxygen atoms in total. The third-order valence-corrected chi connectivity index (χ3v) is 4.69. The summed E-state index contributed by atoms with van der Waals surface area (Å²) in [4.78, 5) is 10.1. The second-order valence-electron chi connectivity index (χ2n) is 5.65. The molecule has 0 aromatic carbocycles. The molecule has 0 amide bonds. The van der Waals surface area contributed by atoms with Crippen LogP contribution in [0.4, 0.5) is 0 Å². The minimum Gasteiger partial charge on any atom is -0.488 e. The van der Waals surface area contributed by atoms with Crippen LogP contribution in [0.25, 0.3) is 10.3 Å². The van der Waals surface area contributed by atoms with Crippen LogP contribution in [0, 0.1) is 19.8 Å². The summed E-state index contributed by atoms with van der Waals surface area (Å²) in [5, 5.41) is 1.05. The summed E-state index contributed by atoms with van der Waals surface area (Å²) in [5.74, 6) is 1.77. The average Bonchev–Trinajstić information content (AvgIpc) is 2.72. The van der Waals surface area contributed by atoms with Gasteiger partial charge in [-0.1, -0.05) is 18.3 Å². The predicted octanol–water partition coefficient (Wildman–Crippen LogP) is 4.27. The van der Waals surface area contributed by atoms with Gasteiger partial charge in [0, 0.05) is 11.8 Å². The highest BCUT2D eigenvalue weighted by Crippen LogP contribution is 2.32. The van der Waals surface area contributed by atoms with E-state index in [1.54, 1.807) is 11.3 Å². The molecule has 1 aliphatic carbocycles. The second kappa shape index (κ2) is 5.08. The van der Waals surface area contributed by atoms with Crippen molar-refractivity contribution in [2.75, 3.05) is 0 Å². The molecule has 1 aliphatic rings. The van der Waals surface area contributed by atoms with Crippen LogP contribution in [0.15, 0.2) is 6.07 Å². The molecule has 2 aromatic rings. The number of fused-ring (bicyclic) bond motifs is 1. The summed E-state index contributed by atoms with van der Waals surface area (Å²) >= 11 is 1.64. The van der Waals surface area contributed by atoms with Gasteiger partial charge >= 0.3 is 0 Å². The summed E-state index contributed by atoms with van der Waals surface area (Å²) in [6.07, 6.45) is 5.21. The maximum atomic E-state index is 6.22. The number of thiazole rings is 1. The number of hydrogen-bond acceptors (Lipinski definition) is 4. The molecule has 4 heteroatoms. The van der Waals surface area contributed by atoms with Gasteiger partial charge in [-0.15, -0.1) is 0 Å². The van der Waals surface area contributed by atoms with Gasteiger partial charge in [-0.2, -0.15) is 0 Å². The van der Waals surface area contributed by atoms with Crippen LogP contribution in [-0.4, -0.2) is 16.1 Å². The molecule has 19 heavy (non-hydrogen) atoms. The van der Waals surface area contributed by atoms with Gasteiger partial charge < -0.3 is 4.74 Å². The SMILES string of the molecule is Cc1cc(O[C@H]2CC[C@H](C)CC2)c2nc(C)sc2n1. The normalized spacial score (nSPS) is 23.7. The molecule has 0 aliphatic heterocycles. The van der Waals surface area contributed by atoms with Gasteiger partial charge in [0.25, 0.3) is 0 Å². The number of hydrogen-bond donors (Lipinski definition) is 0. The molecule has 0 atom stereocenters. The lowest BCUT2D eigenvalue weighted by molar-refractivity contribution is 0.137. The van der Waals surface area contributed by atoms with E-state index < -0.39 is 0 Å². The van der Waals surface area contributed by atoms with Crippen molar-refractivity contribution in [1.29, 1.82) is 0 Å². The second-order valence-corrected chi connectivity index (χ2v) is 6.83. The van der Waals surface area contributed by atoms with E-state index in [1.807, 2.05) is 19.9 Å². The number of rotatable bonds is 2. The van der Waals surface area contributed by atoms with Gasteiger partial charge in [0.1, 0.15) is 16.1 Å². The largest absolute Gasteiger partial charge is 0.488 e. The first-order valence-electron chi connectivity index (χ1n) is 7.03. The monoisotopic (exact) mass is 276 g/mol. The maximum absolute atomic E-state index is 6.22. The lowest BCUT2D eigenvalue weighted by Gasteiger charge is -2.27. The predicted molar refractivity (Wildman–Crippen MR) is 78.9 cm³/mol. The zero-order valence-corrected chi connectivity index (χ0v) is 12.6. The van der Waals surface area contributed by atoms with E-state index in [4.69, 9.17) is 4.74 Å². The Labute approximate surface area is 118 Å². The van der Waals surface area contributed by atoms with E-state index in [0.717, 1.165) is 45.6 Å². The van der Waals surface area contributed by atoms with Crippen molar-refractivity contribution in [2.45, 2.75) is 52.6 Å². The highest BCUT2D eigenvalue weighted by molar-refractivity contribution is 7.18. The zero-order chi connectivity index (χ0) is 13.4. The maximum Gasteiger partial charge on any atom is 0.150 e. The van der Waals surface area contributed by atoms with Crippen LogP contribution in [0.5, 0.6) is 5.75 Å². The van der Waals surface area contributed by atoms with E-state index in [9.17, 15) is 0 Å². The number of nitrogens with zero attached hydrogens (tertiary/aromatic N) is 2. The fraction of sp³-hybridized carbons (Fsp3) is 0.600. The molecule has 0 bridgehead atoms. The fourth-order valence-corrected chi connectivity index (χ4v) is 3.57. The zero-order valence-electron chi connectivity index (χ0n) is 11.8. The Morgan fingerprint density at radius 2 is 1.89 bits per heavy atom. The van der Waals surface area contributed by atoms with Crippen molar-refractivity contribution in [3.05, 3.63) is 16.8 Å². The Balaban J connectivity index is 1.87. The van der Waals surface area contributed by atoms with E-state index in [-0.39, 0.29) is 0 Å². The van der Waals surface area contributed by atoms with Gasteiger partial charge in [0.05, 0.1) is 11.1 Å². The van der Waals surface area contributed by atoms with Crippen LogP contribution >= 0.6 is 11.3 Å². The van der Waals surface area contributed by atoms with Crippen LogP contribution in [0.1, 0.15) is 43.3 Å². The Kier molecular flexibility index (Phi) is 3.44. The fourth-order valence-electron chi connectivity index (χ4n) is 2.72. The van der Waals surface area contributed by atoms with Gasteiger partial charge in [-0.3, -0.25) is 0 Å². The number of pyridine rings is 1. The molecule has 0 spiro atoms. The summed E-state index contributed by atoms with van der Waals surface area (Å²) in [5.41, 5.74) is 1.95.